The monoisotopic (exact) mass is 238 g/mol. The lowest BCUT2D eigenvalue weighted by molar-refractivity contribution is 0.569. The highest BCUT2D eigenvalue weighted by atomic mass is 35.5. The Morgan fingerprint density at radius 1 is 1.64 bits per heavy atom. The van der Waals surface area contributed by atoms with Gasteiger partial charge in [0.15, 0.2) is 0 Å². The van der Waals surface area contributed by atoms with Gasteiger partial charge in [0, 0.05) is 5.88 Å². The SMILES string of the molecule is Cc1coc(NS(=O)(=O)CCCCl)n1. The molecule has 0 bridgehead atoms. The number of aromatic nitrogens is 1. The van der Waals surface area contributed by atoms with E-state index < -0.39 is 10.0 Å². The number of anilines is 1. The van der Waals surface area contributed by atoms with E-state index in [0.717, 1.165) is 0 Å². The second kappa shape index (κ2) is 4.65. The Balaban J connectivity index is 2.59. The summed E-state index contributed by atoms with van der Waals surface area (Å²) in [6.45, 7) is 1.71. The van der Waals surface area contributed by atoms with Gasteiger partial charge in [-0.15, -0.1) is 11.6 Å². The van der Waals surface area contributed by atoms with Gasteiger partial charge in [-0.1, -0.05) is 0 Å². The molecule has 1 heterocycles. The van der Waals surface area contributed by atoms with Crippen LogP contribution in [0.1, 0.15) is 12.1 Å². The van der Waals surface area contributed by atoms with E-state index in [1.807, 2.05) is 0 Å². The van der Waals surface area contributed by atoms with E-state index in [-0.39, 0.29) is 11.8 Å². The molecular weight excluding hydrogens is 228 g/mol. The van der Waals surface area contributed by atoms with Gasteiger partial charge in [0.25, 0.3) is 0 Å². The third-order valence-electron chi connectivity index (χ3n) is 1.41. The van der Waals surface area contributed by atoms with E-state index in [1.165, 1.54) is 6.26 Å². The third kappa shape index (κ3) is 3.55. The van der Waals surface area contributed by atoms with E-state index in [2.05, 4.69) is 9.71 Å². The Hall–Kier alpha value is -0.750. The van der Waals surface area contributed by atoms with Crippen LogP contribution >= 0.6 is 11.6 Å². The molecule has 0 fully saturated rings. The number of nitrogens with one attached hydrogen (secondary N) is 1. The summed E-state index contributed by atoms with van der Waals surface area (Å²) >= 11 is 5.38. The lowest BCUT2D eigenvalue weighted by Gasteiger charge is -2.01. The number of alkyl halides is 1. The number of sulfonamides is 1. The highest BCUT2D eigenvalue weighted by Crippen LogP contribution is 2.08. The predicted molar refractivity (Wildman–Crippen MR) is 54.0 cm³/mol. The normalized spacial score (nSPS) is 11.6. The average molecular weight is 239 g/mol. The Bertz CT molecular complexity index is 387. The zero-order chi connectivity index (χ0) is 10.6. The maximum atomic E-state index is 11.3. The summed E-state index contributed by atoms with van der Waals surface area (Å²) in [5, 5.41) is 0. The summed E-state index contributed by atoms with van der Waals surface area (Å²) in [5.74, 6) is 0.281. The van der Waals surface area contributed by atoms with Crippen LogP contribution in [0.5, 0.6) is 0 Å². The lowest BCUT2D eigenvalue weighted by atomic mass is 10.6. The van der Waals surface area contributed by atoms with Gasteiger partial charge in [-0.2, -0.15) is 4.98 Å². The molecule has 0 aliphatic rings. The average Bonchev–Trinajstić information content (AvgIpc) is 2.47. The molecule has 0 amide bonds. The van der Waals surface area contributed by atoms with Crippen molar-refractivity contribution in [2.24, 2.45) is 0 Å². The van der Waals surface area contributed by atoms with E-state index in [9.17, 15) is 8.42 Å². The van der Waals surface area contributed by atoms with Crippen molar-refractivity contribution in [3.63, 3.8) is 0 Å². The van der Waals surface area contributed by atoms with Crippen LogP contribution in [0.2, 0.25) is 0 Å². The molecule has 0 radical (unpaired) electrons. The van der Waals surface area contributed by atoms with Crippen molar-refractivity contribution in [3.8, 4) is 0 Å². The number of hydrogen-bond acceptors (Lipinski definition) is 4. The number of aryl methyl sites for hydroxylation is 1. The molecule has 0 spiro atoms. The highest BCUT2D eigenvalue weighted by Gasteiger charge is 2.12. The van der Waals surface area contributed by atoms with E-state index in [1.54, 1.807) is 6.92 Å². The molecule has 0 atom stereocenters. The zero-order valence-electron chi connectivity index (χ0n) is 7.66. The minimum absolute atomic E-state index is 0.00271. The summed E-state index contributed by atoms with van der Waals surface area (Å²) in [7, 11) is -3.37. The van der Waals surface area contributed by atoms with Crippen molar-refractivity contribution in [2.75, 3.05) is 16.4 Å². The summed E-state index contributed by atoms with van der Waals surface area (Å²) in [5.41, 5.74) is 0.625. The Kier molecular flexibility index (Phi) is 3.77. The first-order valence-electron chi connectivity index (χ1n) is 4.02. The molecule has 1 rings (SSSR count). The van der Waals surface area contributed by atoms with Gasteiger partial charge in [0.05, 0.1) is 11.4 Å². The topological polar surface area (TPSA) is 72.2 Å². The smallest absolute Gasteiger partial charge is 0.308 e. The van der Waals surface area contributed by atoms with Gasteiger partial charge in [-0.3, -0.25) is 0 Å². The molecule has 5 nitrogen and oxygen atoms in total. The number of hydrogen-bond donors (Lipinski definition) is 1. The number of oxazole rings is 1. The number of nitrogens with zero attached hydrogens (tertiary/aromatic N) is 1. The fraction of sp³-hybridized carbons (Fsp3) is 0.571. The molecule has 7 heteroatoms. The Morgan fingerprint density at radius 2 is 2.36 bits per heavy atom. The van der Waals surface area contributed by atoms with Crippen LogP contribution in [0.25, 0.3) is 0 Å². The van der Waals surface area contributed by atoms with Gasteiger partial charge < -0.3 is 4.42 Å². The molecule has 0 saturated carbocycles. The van der Waals surface area contributed by atoms with Crippen LogP contribution in [-0.4, -0.2) is 25.0 Å². The van der Waals surface area contributed by atoms with Crippen LogP contribution in [0.4, 0.5) is 6.01 Å². The highest BCUT2D eigenvalue weighted by molar-refractivity contribution is 7.92. The van der Waals surface area contributed by atoms with E-state index in [4.69, 9.17) is 16.0 Å². The Labute approximate surface area is 87.5 Å². The fourth-order valence-corrected chi connectivity index (χ4v) is 2.11. The van der Waals surface area contributed by atoms with Crippen LogP contribution in [-0.2, 0) is 10.0 Å². The molecule has 1 aromatic rings. The quantitative estimate of drug-likeness (QED) is 0.786. The zero-order valence-corrected chi connectivity index (χ0v) is 9.23. The number of rotatable bonds is 5. The third-order valence-corrected chi connectivity index (χ3v) is 2.99. The van der Waals surface area contributed by atoms with Crippen molar-refractivity contribution < 1.29 is 12.8 Å². The maximum Gasteiger partial charge on any atom is 0.308 e. The molecule has 0 aliphatic carbocycles. The summed E-state index contributed by atoms with van der Waals surface area (Å²) < 4.78 is 29.7. The lowest BCUT2D eigenvalue weighted by Crippen LogP contribution is -2.17. The minimum atomic E-state index is -3.37. The fourth-order valence-electron chi connectivity index (χ4n) is 0.829. The number of halogens is 1. The van der Waals surface area contributed by atoms with Crippen molar-refractivity contribution >= 4 is 27.6 Å². The molecule has 0 aliphatic heterocycles. The van der Waals surface area contributed by atoms with E-state index in [0.29, 0.717) is 18.0 Å². The first-order valence-corrected chi connectivity index (χ1v) is 6.21. The molecule has 0 saturated heterocycles. The van der Waals surface area contributed by atoms with Crippen molar-refractivity contribution in [1.82, 2.24) is 4.98 Å². The Morgan fingerprint density at radius 3 is 2.86 bits per heavy atom. The van der Waals surface area contributed by atoms with Crippen molar-refractivity contribution in [1.29, 1.82) is 0 Å². The molecule has 1 N–H and O–H groups in total. The second-order valence-corrected chi connectivity index (χ2v) is 4.98. The van der Waals surface area contributed by atoms with Gasteiger partial charge in [0.2, 0.25) is 10.0 Å². The van der Waals surface area contributed by atoms with Crippen molar-refractivity contribution in [2.45, 2.75) is 13.3 Å². The summed E-state index contributed by atoms with van der Waals surface area (Å²) in [4.78, 5) is 3.81. The van der Waals surface area contributed by atoms with E-state index >= 15 is 0 Å². The molecule has 0 unspecified atom stereocenters. The minimum Gasteiger partial charge on any atom is -0.431 e. The summed E-state index contributed by atoms with van der Waals surface area (Å²) in [6, 6.07) is -0.00271. The van der Waals surface area contributed by atoms with Crippen molar-refractivity contribution in [3.05, 3.63) is 12.0 Å². The molecule has 14 heavy (non-hydrogen) atoms. The van der Waals surface area contributed by atoms with Crippen LogP contribution < -0.4 is 4.72 Å². The second-order valence-electron chi connectivity index (χ2n) is 2.76. The van der Waals surface area contributed by atoms with Crippen LogP contribution in [0, 0.1) is 6.92 Å². The summed E-state index contributed by atoms with van der Waals surface area (Å²) in [6.07, 6.45) is 1.77. The first kappa shape index (κ1) is 11.3. The molecule has 80 valence electrons. The van der Waals surface area contributed by atoms with Crippen LogP contribution in [0.3, 0.4) is 0 Å². The van der Waals surface area contributed by atoms with Gasteiger partial charge >= 0.3 is 6.01 Å². The molecule has 1 aromatic heterocycles. The maximum absolute atomic E-state index is 11.3. The van der Waals surface area contributed by atoms with Gasteiger partial charge in [-0.05, 0) is 13.3 Å². The first-order chi connectivity index (χ1) is 6.53. The largest absolute Gasteiger partial charge is 0.431 e. The predicted octanol–water partition coefficient (Wildman–Crippen LogP) is 1.35. The standard InChI is InChI=1S/C7H11ClN2O3S/c1-6-5-13-7(9-6)10-14(11,12)4-2-3-8/h5H,2-4H2,1H3,(H,9,10). The van der Waals surface area contributed by atoms with Gasteiger partial charge in [-0.25, -0.2) is 13.1 Å². The van der Waals surface area contributed by atoms with Gasteiger partial charge in [0.1, 0.15) is 6.26 Å². The molecule has 0 aromatic carbocycles. The molecular formula is C7H11ClN2O3S. The van der Waals surface area contributed by atoms with Crippen LogP contribution in [0.15, 0.2) is 10.7 Å².